The average molecular weight is 441 g/mol. The second-order valence-electron chi connectivity index (χ2n) is 7.69. The van der Waals surface area contributed by atoms with Gasteiger partial charge in [-0.25, -0.2) is 17.6 Å². The fourth-order valence-electron chi connectivity index (χ4n) is 4.26. The van der Waals surface area contributed by atoms with Crippen molar-refractivity contribution in [2.45, 2.75) is 30.4 Å². The molecule has 2 aliphatic heterocycles. The van der Waals surface area contributed by atoms with Crippen LogP contribution in [0.2, 0.25) is 0 Å². The van der Waals surface area contributed by atoms with E-state index in [1.165, 1.54) is 21.3 Å². The molecule has 0 radical (unpaired) electrons. The number of carbonyl (C=O) groups excluding carboxylic acids is 1. The van der Waals surface area contributed by atoms with Crippen molar-refractivity contribution in [2.75, 3.05) is 18.0 Å². The van der Waals surface area contributed by atoms with E-state index in [0.29, 0.717) is 24.1 Å². The van der Waals surface area contributed by atoms with Gasteiger partial charge in [-0.2, -0.15) is 4.31 Å². The van der Waals surface area contributed by atoms with Gasteiger partial charge in [-0.15, -0.1) is 0 Å². The van der Waals surface area contributed by atoms with E-state index in [1.54, 1.807) is 36.5 Å². The summed E-state index contributed by atoms with van der Waals surface area (Å²) in [6.45, 7) is 0.587. The Morgan fingerprint density at radius 1 is 1.06 bits per heavy atom. The Morgan fingerprint density at radius 3 is 2.68 bits per heavy atom. The number of hydrogen-bond acceptors (Lipinski definition) is 5. The second-order valence-corrected chi connectivity index (χ2v) is 9.63. The molecule has 0 N–H and O–H groups in total. The largest absolute Gasteiger partial charge is 0.444 e. The summed E-state index contributed by atoms with van der Waals surface area (Å²) >= 11 is 0. The first-order valence-corrected chi connectivity index (χ1v) is 11.5. The van der Waals surface area contributed by atoms with Crippen molar-refractivity contribution < 1.29 is 22.3 Å². The zero-order chi connectivity index (χ0) is 21.6. The van der Waals surface area contributed by atoms with E-state index in [1.807, 2.05) is 6.07 Å². The molecule has 3 aromatic rings. The van der Waals surface area contributed by atoms with Crippen LogP contribution in [0.3, 0.4) is 0 Å². The van der Waals surface area contributed by atoms with Gasteiger partial charge in [0.1, 0.15) is 12.4 Å². The predicted molar refractivity (Wildman–Crippen MR) is 113 cm³/mol. The third-order valence-electron chi connectivity index (χ3n) is 5.85. The van der Waals surface area contributed by atoms with Gasteiger partial charge in [0.2, 0.25) is 10.0 Å². The van der Waals surface area contributed by atoms with E-state index in [-0.39, 0.29) is 36.5 Å². The quantitative estimate of drug-likeness (QED) is 0.620. The van der Waals surface area contributed by atoms with E-state index < -0.39 is 16.1 Å². The number of benzene rings is 2. The maximum atomic E-state index is 13.6. The number of aromatic nitrogens is 1. The summed E-state index contributed by atoms with van der Waals surface area (Å²) in [5, 5.41) is 0.762. The predicted octanol–water partition coefficient (Wildman–Crippen LogP) is 3.68. The van der Waals surface area contributed by atoms with Crippen molar-refractivity contribution in [3.63, 3.8) is 0 Å². The van der Waals surface area contributed by atoms with Crippen LogP contribution in [0.25, 0.3) is 10.9 Å². The standard InChI is InChI=1S/C22H20FN3O4S/c23-17-3-6-21-16(12-17)14-30-22(27)26(21)18-7-10-25(11-8-18)31(28,29)19-4-5-20-15(13-19)2-1-9-24-20/h1-6,9,12-13,18H,7-8,10-11,14H2. The van der Waals surface area contributed by atoms with E-state index in [2.05, 4.69) is 4.98 Å². The molecule has 5 rings (SSSR count). The fourth-order valence-corrected chi connectivity index (χ4v) is 5.77. The topological polar surface area (TPSA) is 79.8 Å². The lowest BCUT2D eigenvalue weighted by atomic mass is 10.0. The molecule has 0 unspecified atom stereocenters. The number of amides is 1. The van der Waals surface area contributed by atoms with Gasteiger partial charge in [-0.1, -0.05) is 6.07 Å². The normalized spacial score (nSPS) is 18.1. The lowest BCUT2D eigenvalue weighted by Crippen LogP contribution is -2.50. The first kappa shape index (κ1) is 19.9. The van der Waals surface area contributed by atoms with Crippen molar-refractivity contribution in [1.82, 2.24) is 9.29 Å². The van der Waals surface area contributed by atoms with E-state index >= 15 is 0 Å². The Kier molecular flexibility index (Phi) is 4.86. The minimum atomic E-state index is -3.67. The molecule has 2 aliphatic rings. The minimum Gasteiger partial charge on any atom is -0.444 e. The molecule has 1 aromatic heterocycles. The molecule has 0 atom stereocenters. The van der Waals surface area contributed by atoms with Crippen LogP contribution in [0, 0.1) is 5.82 Å². The highest BCUT2D eigenvalue weighted by molar-refractivity contribution is 7.89. The number of halogens is 1. The Balaban J connectivity index is 1.36. The Bertz CT molecular complexity index is 1270. The number of cyclic esters (lactones) is 1. The third-order valence-corrected chi connectivity index (χ3v) is 7.74. The Labute approximate surface area is 179 Å². The Morgan fingerprint density at radius 2 is 1.87 bits per heavy atom. The summed E-state index contributed by atoms with van der Waals surface area (Å²) < 4.78 is 46.6. The van der Waals surface area contributed by atoms with Gasteiger partial charge in [0.15, 0.2) is 0 Å². The van der Waals surface area contributed by atoms with E-state index in [0.717, 1.165) is 10.9 Å². The molecule has 7 nitrogen and oxygen atoms in total. The molecule has 31 heavy (non-hydrogen) atoms. The average Bonchev–Trinajstić information content (AvgIpc) is 2.79. The van der Waals surface area contributed by atoms with Crippen LogP contribution in [0.15, 0.2) is 59.6 Å². The number of fused-ring (bicyclic) bond motifs is 2. The molecule has 0 saturated carbocycles. The summed E-state index contributed by atoms with van der Waals surface area (Å²) in [6, 6.07) is 12.6. The summed E-state index contributed by atoms with van der Waals surface area (Å²) in [5.74, 6) is -0.386. The van der Waals surface area contributed by atoms with E-state index in [4.69, 9.17) is 4.74 Å². The van der Waals surface area contributed by atoms with Crippen molar-refractivity contribution in [3.8, 4) is 0 Å². The van der Waals surface area contributed by atoms with Crippen LogP contribution in [0.4, 0.5) is 14.9 Å². The molecule has 0 spiro atoms. The van der Waals surface area contributed by atoms with Crippen LogP contribution >= 0.6 is 0 Å². The summed E-state index contributed by atoms with van der Waals surface area (Å²) in [4.78, 5) is 18.4. The molecule has 1 saturated heterocycles. The molecule has 160 valence electrons. The highest BCUT2D eigenvalue weighted by Crippen LogP contribution is 2.33. The third kappa shape index (κ3) is 3.53. The van der Waals surface area contributed by atoms with Gasteiger partial charge < -0.3 is 4.74 Å². The molecular formula is C22H20FN3O4S. The van der Waals surface area contributed by atoms with Crippen LogP contribution in [0.1, 0.15) is 18.4 Å². The highest BCUT2D eigenvalue weighted by Gasteiger charge is 2.37. The van der Waals surface area contributed by atoms with Gasteiger partial charge in [0.25, 0.3) is 0 Å². The number of pyridine rings is 1. The molecular weight excluding hydrogens is 421 g/mol. The number of ether oxygens (including phenoxy) is 1. The monoisotopic (exact) mass is 441 g/mol. The molecule has 1 fully saturated rings. The van der Waals surface area contributed by atoms with Crippen LogP contribution in [-0.4, -0.2) is 42.9 Å². The van der Waals surface area contributed by atoms with Crippen molar-refractivity contribution in [3.05, 3.63) is 66.1 Å². The van der Waals surface area contributed by atoms with Crippen molar-refractivity contribution in [2.24, 2.45) is 0 Å². The van der Waals surface area contributed by atoms with Gasteiger partial charge in [0.05, 0.1) is 16.1 Å². The second kappa shape index (κ2) is 7.58. The first-order valence-electron chi connectivity index (χ1n) is 10.0. The molecule has 9 heteroatoms. The molecule has 2 aromatic carbocycles. The lowest BCUT2D eigenvalue weighted by molar-refractivity contribution is 0.135. The zero-order valence-corrected chi connectivity index (χ0v) is 17.4. The van der Waals surface area contributed by atoms with Gasteiger partial charge in [-0.3, -0.25) is 9.88 Å². The zero-order valence-electron chi connectivity index (χ0n) is 16.6. The number of rotatable bonds is 3. The lowest BCUT2D eigenvalue weighted by Gasteiger charge is -2.39. The number of hydrogen-bond donors (Lipinski definition) is 0. The van der Waals surface area contributed by atoms with Gasteiger partial charge in [-0.05, 0) is 55.3 Å². The van der Waals surface area contributed by atoms with Crippen LogP contribution in [-0.2, 0) is 21.4 Å². The molecule has 0 bridgehead atoms. The summed E-state index contributed by atoms with van der Waals surface area (Å²) in [5.41, 5.74) is 1.97. The molecule has 3 heterocycles. The van der Waals surface area contributed by atoms with Gasteiger partial charge in [0, 0.05) is 36.3 Å². The minimum absolute atomic E-state index is 0.0342. The number of anilines is 1. The molecule has 0 aliphatic carbocycles. The molecule has 1 amide bonds. The maximum absolute atomic E-state index is 13.6. The SMILES string of the molecule is O=C1OCc2cc(F)ccc2N1C1CCN(S(=O)(=O)c2ccc3ncccc3c2)CC1. The number of carbonyl (C=O) groups is 1. The summed E-state index contributed by atoms with van der Waals surface area (Å²) in [6.07, 6.45) is 2.10. The maximum Gasteiger partial charge on any atom is 0.414 e. The van der Waals surface area contributed by atoms with Crippen molar-refractivity contribution in [1.29, 1.82) is 0 Å². The van der Waals surface area contributed by atoms with Crippen molar-refractivity contribution >= 4 is 32.7 Å². The summed E-state index contributed by atoms with van der Waals surface area (Å²) in [7, 11) is -3.67. The van der Waals surface area contributed by atoms with E-state index in [9.17, 15) is 17.6 Å². The smallest absolute Gasteiger partial charge is 0.414 e. The number of piperidine rings is 1. The first-order chi connectivity index (χ1) is 14.9. The fraction of sp³-hybridized carbons (Fsp3) is 0.273. The van der Waals surface area contributed by atoms with Crippen LogP contribution in [0.5, 0.6) is 0 Å². The Hall–Kier alpha value is -3.04. The van der Waals surface area contributed by atoms with Gasteiger partial charge >= 0.3 is 6.09 Å². The van der Waals surface area contributed by atoms with Crippen LogP contribution < -0.4 is 4.90 Å². The number of sulfonamides is 1. The number of nitrogens with zero attached hydrogens (tertiary/aromatic N) is 3. The highest BCUT2D eigenvalue weighted by atomic mass is 32.2.